The van der Waals surface area contributed by atoms with E-state index in [0.717, 1.165) is 4.88 Å². The molecule has 0 radical (unpaired) electrons. The summed E-state index contributed by atoms with van der Waals surface area (Å²) in [6, 6.07) is 3.96. The lowest BCUT2D eigenvalue weighted by atomic mass is 9.85. The Bertz CT molecular complexity index is 408. The molecule has 1 aromatic rings. The Morgan fingerprint density at radius 1 is 1.42 bits per heavy atom. The Kier molecular flexibility index (Phi) is 5.16. The second-order valence-corrected chi connectivity index (χ2v) is 7.45. The Labute approximate surface area is 120 Å². The minimum atomic E-state index is -0.505. The van der Waals surface area contributed by atoms with Gasteiger partial charge in [-0.05, 0) is 44.1 Å². The van der Waals surface area contributed by atoms with Gasteiger partial charge in [0.2, 0.25) is 5.91 Å². The first-order valence-electron chi connectivity index (χ1n) is 6.65. The molecule has 1 atom stereocenters. The van der Waals surface area contributed by atoms with E-state index in [9.17, 15) is 9.90 Å². The SMILES string of the molecule is CC(O)CC(C)(C)CNC(=O)C(C)(C)c1cccs1. The van der Waals surface area contributed by atoms with Crippen molar-refractivity contribution in [2.45, 2.75) is 52.6 Å². The van der Waals surface area contributed by atoms with Crippen LogP contribution in [0.4, 0.5) is 0 Å². The molecule has 108 valence electrons. The molecule has 1 amide bonds. The second kappa shape index (κ2) is 6.06. The van der Waals surface area contributed by atoms with E-state index in [-0.39, 0.29) is 17.4 Å². The minimum Gasteiger partial charge on any atom is -0.393 e. The Balaban J connectivity index is 2.61. The van der Waals surface area contributed by atoms with Crippen molar-refractivity contribution < 1.29 is 9.90 Å². The van der Waals surface area contributed by atoms with Crippen molar-refractivity contribution in [3.05, 3.63) is 22.4 Å². The van der Waals surface area contributed by atoms with Crippen LogP contribution >= 0.6 is 11.3 Å². The molecule has 0 aliphatic rings. The standard InChI is InChI=1S/C15H25NO2S/c1-11(17)9-14(2,3)10-16-13(18)15(4,5)12-7-6-8-19-12/h6-8,11,17H,9-10H2,1-5H3,(H,16,18). The van der Waals surface area contributed by atoms with Crippen LogP contribution in [0.25, 0.3) is 0 Å². The Morgan fingerprint density at radius 3 is 2.53 bits per heavy atom. The molecule has 2 N–H and O–H groups in total. The van der Waals surface area contributed by atoms with Crippen molar-refractivity contribution in [3.63, 3.8) is 0 Å². The predicted molar refractivity (Wildman–Crippen MR) is 80.4 cm³/mol. The maximum atomic E-state index is 12.3. The monoisotopic (exact) mass is 283 g/mol. The highest BCUT2D eigenvalue weighted by atomic mass is 32.1. The number of aliphatic hydroxyl groups is 1. The zero-order valence-corrected chi connectivity index (χ0v) is 13.3. The fourth-order valence-electron chi connectivity index (χ4n) is 2.16. The molecule has 19 heavy (non-hydrogen) atoms. The summed E-state index contributed by atoms with van der Waals surface area (Å²) in [4.78, 5) is 13.4. The van der Waals surface area contributed by atoms with E-state index < -0.39 is 5.41 Å². The van der Waals surface area contributed by atoms with Crippen molar-refractivity contribution in [1.82, 2.24) is 5.32 Å². The largest absolute Gasteiger partial charge is 0.393 e. The summed E-state index contributed by atoms with van der Waals surface area (Å²) in [6.45, 7) is 10.3. The average molecular weight is 283 g/mol. The van der Waals surface area contributed by atoms with Gasteiger partial charge in [0.05, 0.1) is 11.5 Å². The van der Waals surface area contributed by atoms with Crippen LogP contribution in [0.15, 0.2) is 17.5 Å². The van der Waals surface area contributed by atoms with E-state index in [2.05, 4.69) is 19.2 Å². The molecule has 0 aliphatic heterocycles. The molecular weight excluding hydrogens is 258 g/mol. The first kappa shape index (κ1) is 16.2. The van der Waals surface area contributed by atoms with Crippen molar-refractivity contribution in [3.8, 4) is 0 Å². The van der Waals surface area contributed by atoms with Gasteiger partial charge < -0.3 is 10.4 Å². The van der Waals surface area contributed by atoms with Gasteiger partial charge in [0.25, 0.3) is 0 Å². The van der Waals surface area contributed by atoms with Crippen LogP contribution in [0.5, 0.6) is 0 Å². The van der Waals surface area contributed by atoms with Gasteiger partial charge in [0.15, 0.2) is 0 Å². The first-order chi connectivity index (χ1) is 8.65. The molecule has 0 bridgehead atoms. The van der Waals surface area contributed by atoms with Gasteiger partial charge in [-0.25, -0.2) is 0 Å². The first-order valence-corrected chi connectivity index (χ1v) is 7.53. The molecule has 1 rings (SSSR count). The van der Waals surface area contributed by atoms with E-state index in [4.69, 9.17) is 0 Å². The predicted octanol–water partition coefficient (Wildman–Crippen LogP) is 2.94. The van der Waals surface area contributed by atoms with Crippen molar-refractivity contribution in [1.29, 1.82) is 0 Å². The van der Waals surface area contributed by atoms with E-state index in [1.54, 1.807) is 18.3 Å². The van der Waals surface area contributed by atoms with E-state index in [1.807, 2.05) is 31.4 Å². The molecular formula is C15H25NO2S. The quantitative estimate of drug-likeness (QED) is 0.843. The van der Waals surface area contributed by atoms with E-state index >= 15 is 0 Å². The summed E-state index contributed by atoms with van der Waals surface area (Å²) in [6.07, 6.45) is 0.324. The lowest BCUT2D eigenvalue weighted by molar-refractivity contribution is -0.126. The lowest BCUT2D eigenvalue weighted by Crippen LogP contribution is -2.44. The number of rotatable bonds is 6. The van der Waals surface area contributed by atoms with E-state index in [0.29, 0.717) is 13.0 Å². The summed E-state index contributed by atoms with van der Waals surface area (Å²) < 4.78 is 0. The van der Waals surface area contributed by atoms with Crippen LogP contribution in [-0.4, -0.2) is 23.7 Å². The smallest absolute Gasteiger partial charge is 0.230 e. The average Bonchev–Trinajstić information content (AvgIpc) is 2.77. The number of hydrogen-bond acceptors (Lipinski definition) is 3. The Hall–Kier alpha value is -0.870. The molecule has 0 aliphatic carbocycles. The molecule has 1 heterocycles. The molecule has 3 nitrogen and oxygen atoms in total. The molecule has 1 unspecified atom stereocenters. The molecule has 0 saturated carbocycles. The molecule has 0 fully saturated rings. The number of carbonyl (C=O) groups excluding carboxylic acids is 1. The van der Waals surface area contributed by atoms with Crippen molar-refractivity contribution in [2.75, 3.05) is 6.54 Å². The highest BCUT2D eigenvalue weighted by Crippen LogP contribution is 2.28. The lowest BCUT2D eigenvalue weighted by Gasteiger charge is -2.29. The topological polar surface area (TPSA) is 49.3 Å². The third-order valence-corrected chi connectivity index (χ3v) is 4.47. The van der Waals surface area contributed by atoms with Crippen LogP contribution in [0.3, 0.4) is 0 Å². The fraction of sp³-hybridized carbons (Fsp3) is 0.667. The second-order valence-electron chi connectivity index (χ2n) is 6.50. The summed E-state index contributed by atoms with van der Waals surface area (Å²) in [5, 5.41) is 14.5. The normalized spacial score (nSPS) is 14.2. The van der Waals surface area contributed by atoms with Gasteiger partial charge in [0, 0.05) is 11.4 Å². The summed E-state index contributed by atoms with van der Waals surface area (Å²) in [5.74, 6) is 0.0358. The molecule has 1 aromatic heterocycles. The van der Waals surface area contributed by atoms with Gasteiger partial charge in [-0.15, -0.1) is 11.3 Å². The highest BCUT2D eigenvalue weighted by molar-refractivity contribution is 7.10. The third-order valence-electron chi connectivity index (χ3n) is 3.28. The van der Waals surface area contributed by atoms with Crippen LogP contribution in [-0.2, 0) is 10.2 Å². The summed E-state index contributed by atoms with van der Waals surface area (Å²) in [7, 11) is 0. The number of carbonyl (C=O) groups is 1. The molecule has 0 spiro atoms. The number of amides is 1. The Morgan fingerprint density at radius 2 is 2.05 bits per heavy atom. The van der Waals surface area contributed by atoms with Crippen molar-refractivity contribution in [2.24, 2.45) is 5.41 Å². The molecule has 0 aromatic carbocycles. The number of nitrogens with one attached hydrogen (secondary N) is 1. The van der Waals surface area contributed by atoms with Crippen molar-refractivity contribution >= 4 is 17.2 Å². The number of thiophene rings is 1. The van der Waals surface area contributed by atoms with Crippen LogP contribution in [0.1, 0.15) is 45.9 Å². The van der Waals surface area contributed by atoms with Gasteiger partial charge >= 0.3 is 0 Å². The summed E-state index contributed by atoms with van der Waals surface area (Å²) in [5.41, 5.74) is -0.607. The van der Waals surface area contributed by atoms with Crippen LogP contribution in [0.2, 0.25) is 0 Å². The fourth-order valence-corrected chi connectivity index (χ4v) is 3.01. The minimum absolute atomic E-state index is 0.0358. The van der Waals surface area contributed by atoms with Gasteiger partial charge in [-0.1, -0.05) is 19.9 Å². The zero-order valence-electron chi connectivity index (χ0n) is 12.5. The maximum absolute atomic E-state index is 12.3. The number of aliphatic hydroxyl groups excluding tert-OH is 1. The summed E-state index contributed by atoms with van der Waals surface area (Å²) >= 11 is 1.60. The van der Waals surface area contributed by atoms with Gasteiger partial charge in [-0.2, -0.15) is 0 Å². The van der Waals surface area contributed by atoms with Gasteiger partial charge in [0.1, 0.15) is 0 Å². The highest BCUT2D eigenvalue weighted by Gasteiger charge is 2.32. The third kappa shape index (κ3) is 4.62. The van der Waals surface area contributed by atoms with Crippen LogP contribution < -0.4 is 5.32 Å². The van der Waals surface area contributed by atoms with Gasteiger partial charge in [-0.3, -0.25) is 4.79 Å². The molecule has 0 saturated heterocycles. The van der Waals surface area contributed by atoms with Crippen LogP contribution in [0, 0.1) is 5.41 Å². The zero-order chi connectivity index (χ0) is 14.7. The number of hydrogen-bond donors (Lipinski definition) is 2. The molecule has 4 heteroatoms. The maximum Gasteiger partial charge on any atom is 0.230 e. The van der Waals surface area contributed by atoms with E-state index in [1.165, 1.54) is 0 Å².